The van der Waals surface area contributed by atoms with Crippen molar-refractivity contribution < 1.29 is 4.42 Å². The summed E-state index contributed by atoms with van der Waals surface area (Å²) in [7, 11) is 0. The lowest BCUT2D eigenvalue weighted by molar-refractivity contribution is 0.669. The third kappa shape index (κ3) is 4.26. The van der Waals surface area contributed by atoms with Crippen molar-refractivity contribution in [1.82, 2.24) is 19.5 Å². The monoisotopic (exact) mass is 597 g/mol. The van der Waals surface area contributed by atoms with E-state index in [1.807, 2.05) is 97.1 Å². The Balaban J connectivity index is 1.27. The van der Waals surface area contributed by atoms with Crippen LogP contribution in [0.4, 0.5) is 0 Å². The van der Waals surface area contributed by atoms with E-state index in [0.29, 0.717) is 22.5 Å². The fourth-order valence-corrected chi connectivity index (χ4v) is 6.32. The minimum Gasteiger partial charge on any atom is -0.456 e. The molecule has 1 aliphatic rings. The van der Waals surface area contributed by atoms with Gasteiger partial charge < -0.3 is 8.98 Å². The smallest absolute Gasteiger partial charge is 0.223 e. The second-order valence-corrected chi connectivity index (χ2v) is 11.4. The van der Waals surface area contributed by atoms with Gasteiger partial charge in [0, 0.05) is 61.6 Å². The van der Waals surface area contributed by atoms with Gasteiger partial charge in [0.15, 0.2) is 11.6 Å². The molecule has 5 aromatic carbocycles. The number of para-hydroxylation sites is 1. The molecule has 0 aliphatic heterocycles. The number of benzene rings is 5. The number of allylic oxidation sites excluding steroid dienone is 6. The van der Waals surface area contributed by atoms with Crippen molar-refractivity contribution >= 4 is 60.9 Å². The summed E-state index contributed by atoms with van der Waals surface area (Å²) in [5, 5.41) is 5.10. The molecule has 0 radical (unpaired) electrons. The molecule has 1 aliphatic carbocycles. The highest BCUT2D eigenvalue weighted by atomic mass is 35.5. The van der Waals surface area contributed by atoms with Gasteiger partial charge in [-0.15, -0.1) is 0 Å². The van der Waals surface area contributed by atoms with Crippen LogP contribution in [0.2, 0.25) is 5.02 Å². The van der Waals surface area contributed by atoms with Crippen LogP contribution >= 0.6 is 11.6 Å². The SMILES string of the molecule is Clc1ccc2c3cc4c(cc3n(-c3cccc(-c5nc(C6=CC=C[C+]=C6)nc(-c6ccccc6)n5)c3)c2c1)oc1ccccc14. The van der Waals surface area contributed by atoms with E-state index in [4.69, 9.17) is 31.0 Å². The summed E-state index contributed by atoms with van der Waals surface area (Å²) in [4.78, 5) is 14.7. The molecule has 0 spiro atoms. The van der Waals surface area contributed by atoms with Gasteiger partial charge in [0.05, 0.1) is 17.1 Å². The summed E-state index contributed by atoms with van der Waals surface area (Å²) in [5.41, 5.74) is 7.37. The molecular formula is C39H22ClN4O+. The third-order valence-corrected chi connectivity index (χ3v) is 8.46. The molecule has 6 heteroatoms. The quantitative estimate of drug-likeness (QED) is 0.189. The Bertz CT molecular complexity index is 2550. The number of furan rings is 1. The maximum atomic E-state index is 6.58. The number of halogens is 1. The van der Waals surface area contributed by atoms with E-state index < -0.39 is 0 Å². The van der Waals surface area contributed by atoms with E-state index in [2.05, 4.69) is 47.0 Å². The largest absolute Gasteiger partial charge is 0.456 e. The van der Waals surface area contributed by atoms with Crippen molar-refractivity contribution in [3.63, 3.8) is 0 Å². The number of aromatic nitrogens is 4. The molecule has 45 heavy (non-hydrogen) atoms. The van der Waals surface area contributed by atoms with Crippen LogP contribution in [0.25, 0.3) is 77.8 Å². The average Bonchev–Trinajstić information content (AvgIpc) is 3.62. The van der Waals surface area contributed by atoms with Gasteiger partial charge in [-0.1, -0.05) is 78.3 Å². The lowest BCUT2D eigenvalue weighted by Gasteiger charge is -2.11. The lowest BCUT2D eigenvalue weighted by Crippen LogP contribution is -2.03. The summed E-state index contributed by atoms with van der Waals surface area (Å²) in [6, 6.07) is 36.8. The van der Waals surface area contributed by atoms with Crippen LogP contribution in [0.5, 0.6) is 0 Å². The van der Waals surface area contributed by atoms with Crippen molar-refractivity contribution in [2.24, 2.45) is 0 Å². The topological polar surface area (TPSA) is 56.7 Å². The molecule has 3 aromatic heterocycles. The first-order valence-corrected chi connectivity index (χ1v) is 15.0. The maximum Gasteiger partial charge on any atom is 0.223 e. The molecule has 0 saturated heterocycles. The number of rotatable bonds is 4. The highest BCUT2D eigenvalue weighted by Gasteiger charge is 2.20. The number of nitrogens with zero attached hydrogens (tertiary/aromatic N) is 4. The van der Waals surface area contributed by atoms with Crippen molar-refractivity contribution in [2.45, 2.75) is 0 Å². The van der Waals surface area contributed by atoms with Crippen molar-refractivity contribution in [3.05, 3.63) is 150 Å². The zero-order valence-electron chi connectivity index (χ0n) is 23.8. The van der Waals surface area contributed by atoms with E-state index in [1.54, 1.807) is 0 Å². The van der Waals surface area contributed by atoms with Gasteiger partial charge in [0.25, 0.3) is 0 Å². The summed E-state index contributed by atoms with van der Waals surface area (Å²) in [6.07, 6.45) is 10.8. The number of hydrogen-bond donors (Lipinski definition) is 0. The van der Waals surface area contributed by atoms with Crippen LogP contribution in [0.3, 0.4) is 0 Å². The molecular weight excluding hydrogens is 576 g/mol. The van der Waals surface area contributed by atoms with Crippen LogP contribution < -0.4 is 0 Å². The molecule has 0 atom stereocenters. The minimum atomic E-state index is 0.586. The molecule has 8 aromatic rings. The van der Waals surface area contributed by atoms with Gasteiger partial charge >= 0.3 is 0 Å². The summed E-state index contributed by atoms with van der Waals surface area (Å²) in [5.74, 6) is 1.79. The van der Waals surface area contributed by atoms with E-state index >= 15 is 0 Å². The fourth-order valence-electron chi connectivity index (χ4n) is 6.15. The summed E-state index contributed by atoms with van der Waals surface area (Å²) < 4.78 is 8.54. The first-order valence-electron chi connectivity index (χ1n) is 14.6. The first-order chi connectivity index (χ1) is 22.2. The van der Waals surface area contributed by atoms with Crippen LogP contribution in [0, 0.1) is 6.08 Å². The predicted octanol–water partition coefficient (Wildman–Crippen LogP) is 10.2. The van der Waals surface area contributed by atoms with E-state index in [1.165, 1.54) is 0 Å². The number of hydrogen-bond acceptors (Lipinski definition) is 4. The molecule has 9 rings (SSSR count). The second-order valence-electron chi connectivity index (χ2n) is 11.0. The van der Waals surface area contributed by atoms with Gasteiger partial charge in [0.1, 0.15) is 28.9 Å². The summed E-state index contributed by atoms with van der Waals surface area (Å²) in [6.45, 7) is 0. The van der Waals surface area contributed by atoms with Crippen molar-refractivity contribution in [1.29, 1.82) is 0 Å². The van der Waals surface area contributed by atoms with E-state index in [9.17, 15) is 0 Å². The molecule has 0 saturated carbocycles. The normalized spacial score (nSPS) is 12.8. The molecule has 0 fully saturated rings. The Morgan fingerprint density at radius 2 is 1.38 bits per heavy atom. The molecule has 5 nitrogen and oxygen atoms in total. The standard InChI is InChI=1S/C39H22ClN4O/c40-27-18-19-29-31-22-32-30-16-7-8-17-35(30)45-36(32)23-34(31)44(33(29)21-27)28-15-9-14-26(20-28)39-42-37(24-10-3-1-4-11-24)41-38(43-39)25-12-5-2-6-13-25/h1-5,7-23H/q+1. The number of fused-ring (bicyclic) bond motifs is 6. The highest BCUT2D eigenvalue weighted by Crippen LogP contribution is 2.39. The lowest BCUT2D eigenvalue weighted by atomic mass is 10.1. The Hall–Kier alpha value is -5.87. The van der Waals surface area contributed by atoms with Gasteiger partial charge in [-0.25, -0.2) is 4.98 Å². The van der Waals surface area contributed by atoms with Gasteiger partial charge in [0.2, 0.25) is 5.82 Å². The van der Waals surface area contributed by atoms with Gasteiger partial charge in [-0.2, -0.15) is 9.97 Å². The first kappa shape index (κ1) is 25.6. The Morgan fingerprint density at radius 1 is 0.600 bits per heavy atom. The van der Waals surface area contributed by atoms with Crippen LogP contribution in [-0.2, 0) is 0 Å². The van der Waals surface area contributed by atoms with Crippen molar-refractivity contribution in [3.8, 4) is 28.5 Å². The average molecular weight is 598 g/mol. The molecule has 0 bridgehead atoms. The van der Waals surface area contributed by atoms with E-state index in [0.717, 1.165) is 66.1 Å². The van der Waals surface area contributed by atoms with Gasteiger partial charge in [-0.05, 0) is 36.4 Å². The van der Waals surface area contributed by atoms with Gasteiger partial charge in [-0.3, -0.25) is 0 Å². The molecule has 0 N–H and O–H groups in total. The van der Waals surface area contributed by atoms with Crippen molar-refractivity contribution in [2.75, 3.05) is 0 Å². The Kier molecular flexibility index (Phi) is 5.75. The summed E-state index contributed by atoms with van der Waals surface area (Å²) >= 11 is 6.58. The zero-order valence-corrected chi connectivity index (χ0v) is 24.5. The second kappa shape index (κ2) is 10.1. The predicted molar refractivity (Wildman–Crippen MR) is 182 cm³/mol. The Morgan fingerprint density at radius 3 is 2.24 bits per heavy atom. The fraction of sp³-hybridized carbons (Fsp3) is 0. The zero-order chi connectivity index (χ0) is 29.9. The van der Waals surface area contributed by atoms with Crippen LogP contribution in [-0.4, -0.2) is 19.5 Å². The maximum absolute atomic E-state index is 6.58. The molecule has 0 amide bonds. The van der Waals surface area contributed by atoms with Crippen LogP contribution in [0.15, 0.2) is 138 Å². The minimum absolute atomic E-state index is 0.586. The molecule has 0 unspecified atom stereocenters. The van der Waals surface area contributed by atoms with Crippen LogP contribution in [0.1, 0.15) is 5.82 Å². The third-order valence-electron chi connectivity index (χ3n) is 8.22. The molecule has 210 valence electrons. The molecule has 3 heterocycles. The van der Waals surface area contributed by atoms with E-state index in [-0.39, 0.29) is 0 Å². The highest BCUT2D eigenvalue weighted by molar-refractivity contribution is 6.31. The Labute approximate surface area is 263 Å².